The minimum absolute atomic E-state index is 0.262. The highest BCUT2D eigenvalue weighted by molar-refractivity contribution is 6.44. The van der Waals surface area contributed by atoms with Gasteiger partial charge in [0.15, 0.2) is 5.60 Å². The van der Waals surface area contributed by atoms with Gasteiger partial charge in [0.2, 0.25) is 0 Å². The largest absolute Gasteiger partial charge is 0.441 e. The van der Waals surface area contributed by atoms with Crippen LogP contribution in [0.5, 0.6) is 0 Å². The fourth-order valence-corrected chi connectivity index (χ4v) is 4.14. The van der Waals surface area contributed by atoms with Gasteiger partial charge in [0.25, 0.3) is 0 Å². The van der Waals surface area contributed by atoms with Gasteiger partial charge >= 0.3 is 6.47 Å². The Balaban J connectivity index is 2.84. The van der Waals surface area contributed by atoms with E-state index in [9.17, 15) is 4.79 Å². The SMILES string of the molecule is CCCCC(O[C]=O)(c1cc(Cl)c(Cl)cc1Cl)c1cc(Cl)c(Cl)cc1Cl. The highest BCUT2D eigenvalue weighted by Gasteiger charge is 2.40. The van der Waals surface area contributed by atoms with Crippen molar-refractivity contribution in [2.24, 2.45) is 0 Å². The molecule has 0 amide bonds. The fraction of sp³-hybridized carbons (Fsp3) is 0.278. The lowest BCUT2D eigenvalue weighted by Gasteiger charge is -2.34. The quantitative estimate of drug-likeness (QED) is 0.379. The standard InChI is InChI=1S/C18H13Cl6O2/c1-2-3-4-18(26-9-25,10-5-14(21)16(23)7-12(10)19)11-6-15(22)17(24)8-13(11)20/h5-8H,2-4H2,1H3. The number of ether oxygens (including phenoxy) is 1. The average Bonchev–Trinajstić information content (AvgIpc) is 2.58. The highest BCUT2D eigenvalue weighted by Crippen LogP contribution is 2.47. The number of halogens is 6. The Morgan fingerprint density at radius 3 is 1.62 bits per heavy atom. The van der Waals surface area contributed by atoms with E-state index in [0.717, 1.165) is 6.42 Å². The first kappa shape index (κ1) is 21.9. The number of carbonyl (C=O) groups excluding carboxylic acids is 1. The number of rotatable bonds is 7. The van der Waals surface area contributed by atoms with E-state index in [2.05, 4.69) is 0 Å². The minimum atomic E-state index is -1.34. The third kappa shape index (κ3) is 4.38. The summed E-state index contributed by atoms with van der Waals surface area (Å²) in [7, 11) is 0. The van der Waals surface area contributed by atoms with Crippen LogP contribution < -0.4 is 0 Å². The van der Waals surface area contributed by atoms with Gasteiger partial charge in [-0.25, -0.2) is 4.79 Å². The summed E-state index contributed by atoms with van der Waals surface area (Å²) >= 11 is 37.3. The number of hydrogen-bond donors (Lipinski definition) is 0. The molecular weight excluding hydrogens is 461 g/mol. The van der Waals surface area contributed by atoms with Crippen LogP contribution in [0.15, 0.2) is 24.3 Å². The second-order valence-corrected chi connectivity index (χ2v) is 8.05. The first-order chi connectivity index (χ1) is 12.3. The fourth-order valence-electron chi connectivity index (χ4n) is 2.74. The monoisotopic (exact) mass is 471 g/mol. The summed E-state index contributed by atoms with van der Waals surface area (Å²) in [6, 6.07) is 6.08. The lowest BCUT2D eigenvalue weighted by Crippen LogP contribution is -2.32. The van der Waals surface area contributed by atoms with E-state index in [4.69, 9.17) is 74.3 Å². The van der Waals surface area contributed by atoms with Crippen LogP contribution in [0.4, 0.5) is 0 Å². The summed E-state index contributed by atoms with van der Waals surface area (Å²) in [5.41, 5.74) is -0.467. The van der Waals surface area contributed by atoms with Crippen molar-refractivity contribution < 1.29 is 9.53 Å². The molecule has 2 aromatic rings. The van der Waals surface area contributed by atoms with Crippen LogP contribution in [0.2, 0.25) is 30.1 Å². The molecule has 0 N–H and O–H groups in total. The van der Waals surface area contributed by atoms with E-state index in [1.165, 1.54) is 18.6 Å². The molecule has 0 bridgehead atoms. The normalized spacial score (nSPS) is 11.5. The lowest BCUT2D eigenvalue weighted by molar-refractivity contribution is 0.0781. The van der Waals surface area contributed by atoms with Gasteiger partial charge < -0.3 is 4.74 Å². The van der Waals surface area contributed by atoms with Crippen molar-refractivity contribution in [2.45, 2.75) is 31.8 Å². The summed E-state index contributed by atoms with van der Waals surface area (Å²) in [5.74, 6) is 0. The topological polar surface area (TPSA) is 26.3 Å². The van der Waals surface area contributed by atoms with Crippen LogP contribution >= 0.6 is 69.6 Å². The molecule has 0 aromatic heterocycles. The third-order valence-electron chi connectivity index (χ3n) is 3.99. The summed E-state index contributed by atoms with van der Waals surface area (Å²) in [5, 5.41) is 1.62. The predicted octanol–water partition coefficient (Wildman–Crippen LogP) is 8.12. The maximum absolute atomic E-state index is 11.3. The van der Waals surface area contributed by atoms with Crippen LogP contribution in [0.1, 0.15) is 37.3 Å². The Kier molecular flexibility index (Phi) is 7.79. The van der Waals surface area contributed by atoms with Gasteiger partial charge in [0.1, 0.15) is 0 Å². The van der Waals surface area contributed by atoms with Crippen molar-refractivity contribution in [2.75, 3.05) is 0 Å². The molecule has 8 heteroatoms. The number of benzene rings is 2. The van der Waals surface area contributed by atoms with Gasteiger partial charge in [-0.3, -0.25) is 0 Å². The molecule has 1 radical (unpaired) electrons. The molecule has 2 aromatic carbocycles. The van der Waals surface area contributed by atoms with Gasteiger partial charge in [-0.15, -0.1) is 0 Å². The van der Waals surface area contributed by atoms with Crippen LogP contribution in [0, 0.1) is 0 Å². The Morgan fingerprint density at radius 1 is 0.808 bits per heavy atom. The molecular formula is C18H13Cl6O2. The molecule has 0 unspecified atom stereocenters. The Morgan fingerprint density at radius 2 is 1.23 bits per heavy atom. The molecule has 0 aliphatic heterocycles. The molecule has 0 aliphatic carbocycles. The molecule has 0 fully saturated rings. The van der Waals surface area contributed by atoms with E-state index in [-0.39, 0.29) is 30.1 Å². The molecule has 0 aliphatic rings. The van der Waals surface area contributed by atoms with Crippen LogP contribution in [0.3, 0.4) is 0 Å². The molecule has 2 nitrogen and oxygen atoms in total. The van der Waals surface area contributed by atoms with Crippen LogP contribution in [-0.2, 0) is 15.1 Å². The lowest BCUT2D eigenvalue weighted by atomic mass is 9.81. The molecule has 0 heterocycles. The summed E-state index contributed by atoms with van der Waals surface area (Å²) in [6.45, 7) is 3.52. The van der Waals surface area contributed by atoms with Crippen molar-refractivity contribution in [3.63, 3.8) is 0 Å². The van der Waals surface area contributed by atoms with E-state index >= 15 is 0 Å². The van der Waals surface area contributed by atoms with E-state index in [1.807, 2.05) is 6.92 Å². The van der Waals surface area contributed by atoms with Crippen molar-refractivity contribution in [3.8, 4) is 0 Å². The zero-order chi connectivity index (χ0) is 19.5. The molecule has 26 heavy (non-hydrogen) atoms. The molecule has 0 saturated heterocycles. The molecule has 0 atom stereocenters. The number of unbranched alkanes of at least 4 members (excludes halogenated alkanes) is 1. The zero-order valence-electron chi connectivity index (χ0n) is 13.5. The smallest absolute Gasteiger partial charge is 0.418 e. The van der Waals surface area contributed by atoms with Gasteiger partial charge in [-0.1, -0.05) is 83.0 Å². The van der Waals surface area contributed by atoms with E-state index < -0.39 is 5.60 Å². The predicted molar refractivity (Wildman–Crippen MR) is 110 cm³/mol. The summed E-state index contributed by atoms with van der Waals surface area (Å²) in [4.78, 5) is 11.3. The second-order valence-electron chi connectivity index (χ2n) is 5.61. The maximum atomic E-state index is 11.3. The molecule has 0 spiro atoms. The maximum Gasteiger partial charge on any atom is 0.418 e. The summed E-state index contributed by atoms with van der Waals surface area (Å²) < 4.78 is 5.48. The van der Waals surface area contributed by atoms with Gasteiger partial charge in [0.05, 0.1) is 20.1 Å². The Bertz CT molecular complexity index is 764. The van der Waals surface area contributed by atoms with Crippen molar-refractivity contribution in [1.29, 1.82) is 0 Å². The minimum Gasteiger partial charge on any atom is -0.441 e. The van der Waals surface area contributed by atoms with Gasteiger partial charge in [0, 0.05) is 21.2 Å². The molecule has 2 rings (SSSR count). The van der Waals surface area contributed by atoms with E-state index in [1.54, 1.807) is 12.1 Å². The van der Waals surface area contributed by atoms with E-state index in [0.29, 0.717) is 24.0 Å². The highest BCUT2D eigenvalue weighted by atomic mass is 35.5. The summed E-state index contributed by atoms with van der Waals surface area (Å²) in [6.07, 6.45) is 1.92. The van der Waals surface area contributed by atoms with Crippen LogP contribution in [-0.4, -0.2) is 6.47 Å². The van der Waals surface area contributed by atoms with Crippen molar-refractivity contribution in [3.05, 3.63) is 65.5 Å². The first-order valence-corrected chi connectivity index (χ1v) is 9.88. The van der Waals surface area contributed by atoms with Crippen molar-refractivity contribution in [1.82, 2.24) is 0 Å². The Hall–Kier alpha value is -0.350. The molecule has 0 saturated carbocycles. The van der Waals surface area contributed by atoms with Gasteiger partial charge in [-0.2, -0.15) is 0 Å². The van der Waals surface area contributed by atoms with Gasteiger partial charge in [-0.05, 0) is 37.1 Å². The average molecular weight is 474 g/mol. The van der Waals surface area contributed by atoms with Crippen LogP contribution in [0.25, 0.3) is 0 Å². The number of hydrogen-bond acceptors (Lipinski definition) is 2. The van der Waals surface area contributed by atoms with Crippen molar-refractivity contribution >= 4 is 76.1 Å². The Labute approximate surface area is 182 Å². The molecule has 139 valence electrons. The third-order valence-corrected chi connectivity index (χ3v) is 6.06. The first-order valence-electron chi connectivity index (χ1n) is 7.62. The second kappa shape index (κ2) is 9.23. The zero-order valence-corrected chi connectivity index (χ0v) is 18.1.